The van der Waals surface area contributed by atoms with Gasteiger partial charge in [0.05, 0.1) is 6.04 Å². The van der Waals surface area contributed by atoms with E-state index in [1.54, 1.807) is 0 Å². The van der Waals surface area contributed by atoms with Gasteiger partial charge < -0.3 is 9.32 Å². The predicted molar refractivity (Wildman–Crippen MR) is 98.1 cm³/mol. The van der Waals surface area contributed by atoms with Gasteiger partial charge in [0, 0.05) is 12.1 Å². The van der Waals surface area contributed by atoms with Crippen molar-refractivity contribution >= 4 is 0 Å². The molecule has 3 heterocycles. The standard InChI is InChI=1S/C20H28N4O/c1-16(19-21-22-20(25-19)18-7-3-2-4-8-18)24-13-9-17(10-14-24)15-23-11-5-6-12-23/h2-4,7-8,16-17H,5-6,9-15H2,1H3/t16-/m1/s1. The second-order valence-corrected chi connectivity index (χ2v) is 7.47. The summed E-state index contributed by atoms with van der Waals surface area (Å²) in [7, 11) is 0. The first-order valence-corrected chi connectivity index (χ1v) is 9.65. The summed E-state index contributed by atoms with van der Waals surface area (Å²) in [6, 6.07) is 10.2. The molecule has 0 radical (unpaired) electrons. The summed E-state index contributed by atoms with van der Waals surface area (Å²) >= 11 is 0. The van der Waals surface area contributed by atoms with Gasteiger partial charge in [0.25, 0.3) is 0 Å². The van der Waals surface area contributed by atoms with E-state index in [2.05, 4.69) is 26.9 Å². The van der Waals surface area contributed by atoms with Gasteiger partial charge in [0.2, 0.25) is 11.8 Å². The van der Waals surface area contributed by atoms with E-state index in [0.717, 1.165) is 30.5 Å². The third-order valence-electron chi connectivity index (χ3n) is 5.73. The van der Waals surface area contributed by atoms with Gasteiger partial charge in [0.15, 0.2) is 0 Å². The maximum Gasteiger partial charge on any atom is 0.247 e. The maximum atomic E-state index is 5.95. The molecule has 2 aliphatic heterocycles. The number of rotatable bonds is 5. The van der Waals surface area contributed by atoms with Gasteiger partial charge in [-0.15, -0.1) is 10.2 Å². The Morgan fingerprint density at radius 2 is 1.76 bits per heavy atom. The highest BCUT2D eigenvalue weighted by Crippen LogP contribution is 2.28. The predicted octanol–water partition coefficient (Wildman–Crippen LogP) is 3.61. The summed E-state index contributed by atoms with van der Waals surface area (Å²) in [5, 5.41) is 8.54. The average Bonchev–Trinajstić information content (AvgIpc) is 3.34. The number of hydrogen-bond donors (Lipinski definition) is 0. The third kappa shape index (κ3) is 3.93. The molecule has 2 aromatic rings. The van der Waals surface area contributed by atoms with Crippen molar-refractivity contribution in [3.05, 3.63) is 36.2 Å². The van der Waals surface area contributed by atoms with Crippen LogP contribution in [0.3, 0.4) is 0 Å². The molecular weight excluding hydrogens is 312 g/mol. The van der Waals surface area contributed by atoms with Gasteiger partial charge in [-0.25, -0.2) is 0 Å². The molecule has 25 heavy (non-hydrogen) atoms. The van der Waals surface area contributed by atoms with Crippen molar-refractivity contribution in [2.45, 2.75) is 38.6 Å². The lowest BCUT2D eigenvalue weighted by molar-refractivity contribution is 0.109. The number of hydrogen-bond acceptors (Lipinski definition) is 5. The van der Waals surface area contributed by atoms with Crippen molar-refractivity contribution in [3.8, 4) is 11.5 Å². The van der Waals surface area contributed by atoms with E-state index in [0.29, 0.717) is 5.89 Å². The van der Waals surface area contributed by atoms with Crippen molar-refractivity contribution in [1.82, 2.24) is 20.0 Å². The Balaban J connectivity index is 1.33. The summed E-state index contributed by atoms with van der Waals surface area (Å²) < 4.78 is 5.95. The molecule has 0 aliphatic carbocycles. The van der Waals surface area contributed by atoms with Crippen LogP contribution < -0.4 is 0 Å². The molecule has 0 unspecified atom stereocenters. The minimum absolute atomic E-state index is 0.192. The zero-order valence-electron chi connectivity index (χ0n) is 15.1. The Bertz CT molecular complexity index is 657. The number of likely N-dealkylation sites (tertiary alicyclic amines) is 2. The number of nitrogens with zero attached hydrogens (tertiary/aromatic N) is 4. The quantitative estimate of drug-likeness (QED) is 0.832. The largest absolute Gasteiger partial charge is 0.419 e. The van der Waals surface area contributed by atoms with Crippen LogP contribution in [-0.4, -0.2) is 52.7 Å². The van der Waals surface area contributed by atoms with E-state index in [1.807, 2.05) is 30.3 Å². The fourth-order valence-electron chi connectivity index (χ4n) is 4.11. The molecule has 0 N–H and O–H groups in total. The summed E-state index contributed by atoms with van der Waals surface area (Å²) in [5.41, 5.74) is 0.984. The Morgan fingerprint density at radius 1 is 1.04 bits per heavy atom. The monoisotopic (exact) mass is 340 g/mol. The van der Waals surface area contributed by atoms with Gasteiger partial charge in [-0.1, -0.05) is 18.2 Å². The lowest BCUT2D eigenvalue weighted by Gasteiger charge is -2.36. The highest BCUT2D eigenvalue weighted by molar-refractivity contribution is 5.51. The Labute approximate surface area is 150 Å². The van der Waals surface area contributed by atoms with Crippen molar-refractivity contribution in [1.29, 1.82) is 0 Å². The Morgan fingerprint density at radius 3 is 2.48 bits per heavy atom. The topological polar surface area (TPSA) is 45.4 Å². The fraction of sp³-hybridized carbons (Fsp3) is 0.600. The molecule has 2 aliphatic rings. The van der Waals surface area contributed by atoms with Crippen molar-refractivity contribution in [3.63, 3.8) is 0 Å². The van der Waals surface area contributed by atoms with E-state index < -0.39 is 0 Å². The van der Waals surface area contributed by atoms with Crippen molar-refractivity contribution in [2.75, 3.05) is 32.7 Å². The Kier molecular flexibility index (Phi) is 5.13. The van der Waals surface area contributed by atoms with Gasteiger partial charge in [0.1, 0.15) is 0 Å². The maximum absolute atomic E-state index is 5.95. The first kappa shape index (κ1) is 16.7. The van der Waals surface area contributed by atoms with Gasteiger partial charge in [-0.05, 0) is 76.8 Å². The van der Waals surface area contributed by atoms with Crippen molar-refractivity contribution in [2.24, 2.45) is 5.92 Å². The van der Waals surface area contributed by atoms with Crippen LogP contribution in [0.4, 0.5) is 0 Å². The van der Waals surface area contributed by atoms with Gasteiger partial charge in [-0.3, -0.25) is 4.90 Å². The van der Waals surface area contributed by atoms with Crippen molar-refractivity contribution < 1.29 is 4.42 Å². The highest BCUT2D eigenvalue weighted by atomic mass is 16.4. The second kappa shape index (κ2) is 7.67. The molecule has 1 aromatic carbocycles. The minimum Gasteiger partial charge on any atom is -0.419 e. The average molecular weight is 340 g/mol. The Hall–Kier alpha value is -1.72. The lowest BCUT2D eigenvalue weighted by Crippen LogP contribution is -2.39. The second-order valence-electron chi connectivity index (χ2n) is 7.47. The van der Waals surface area contributed by atoms with Crippen LogP contribution in [0.25, 0.3) is 11.5 Å². The molecule has 5 heteroatoms. The zero-order chi connectivity index (χ0) is 17.1. The van der Waals surface area contributed by atoms with Crippen LogP contribution in [-0.2, 0) is 0 Å². The van der Waals surface area contributed by atoms with E-state index >= 15 is 0 Å². The molecule has 1 aromatic heterocycles. The normalized spacial score (nSPS) is 21.6. The molecule has 4 rings (SSSR count). The summed E-state index contributed by atoms with van der Waals surface area (Å²) in [6.45, 7) is 8.34. The van der Waals surface area contributed by atoms with E-state index in [9.17, 15) is 0 Å². The van der Waals surface area contributed by atoms with E-state index in [-0.39, 0.29) is 6.04 Å². The smallest absolute Gasteiger partial charge is 0.247 e. The molecule has 134 valence electrons. The van der Waals surface area contributed by atoms with Crippen LogP contribution in [0.2, 0.25) is 0 Å². The molecule has 0 amide bonds. The first-order chi connectivity index (χ1) is 12.3. The molecular formula is C20H28N4O. The lowest BCUT2D eigenvalue weighted by atomic mass is 9.95. The molecule has 0 spiro atoms. The van der Waals surface area contributed by atoms with E-state index in [4.69, 9.17) is 4.42 Å². The summed E-state index contributed by atoms with van der Waals surface area (Å²) in [4.78, 5) is 5.14. The fourth-order valence-corrected chi connectivity index (χ4v) is 4.11. The number of benzene rings is 1. The molecule has 0 saturated carbocycles. The van der Waals surface area contributed by atoms with Crippen LogP contribution in [0.5, 0.6) is 0 Å². The van der Waals surface area contributed by atoms with Crippen LogP contribution in [0.15, 0.2) is 34.7 Å². The van der Waals surface area contributed by atoms with Gasteiger partial charge in [-0.2, -0.15) is 0 Å². The van der Waals surface area contributed by atoms with Crippen LogP contribution in [0, 0.1) is 5.92 Å². The molecule has 2 fully saturated rings. The van der Waals surface area contributed by atoms with Gasteiger partial charge >= 0.3 is 0 Å². The third-order valence-corrected chi connectivity index (χ3v) is 5.73. The zero-order valence-corrected chi connectivity index (χ0v) is 15.1. The number of aromatic nitrogens is 2. The molecule has 2 saturated heterocycles. The molecule has 0 bridgehead atoms. The molecule has 1 atom stereocenters. The van der Waals surface area contributed by atoms with Crippen LogP contribution >= 0.6 is 0 Å². The summed E-state index contributed by atoms with van der Waals surface area (Å²) in [6.07, 6.45) is 5.33. The number of piperidine rings is 1. The summed E-state index contributed by atoms with van der Waals surface area (Å²) in [5.74, 6) is 2.20. The highest BCUT2D eigenvalue weighted by Gasteiger charge is 2.28. The first-order valence-electron chi connectivity index (χ1n) is 9.65. The minimum atomic E-state index is 0.192. The van der Waals surface area contributed by atoms with E-state index in [1.165, 1.54) is 45.3 Å². The van der Waals surface area contributed by atoms with Crippen LogP contribution in [0.1, 0.15) is 44.5 Å². The molecule has 5 nitrogen and oxygen atoms in total. The SMILES string of the molecule is C[C@H](c1nnc(-c2ccccc2)o1)N1CCC(CN2CCCC2)CC1.